The number of halogens is 2. The molecule has 4 heteroatoms. The molecular weight excluding hydrogens is 297 g/mol. The van der Waals surface area contributed by atoms with Crippen molar-refractivity contribution in [3.8, 4) is 0 Å². The molecule has 0 aliphatic carbocycles. The van der Waals surface area contributed by atoms with Crippen molar-refractivity contribution in [2.75, 3.05) is 5.73 Å². The molecule has 0 fully saturated rings. The second-order valence-electron chi connectivity index (χ2n) is 4.03. The molecular formula is C14H11BrFNO. The van der Waals surface area contributed by atoms with Crippen LogP contribution in [0.5, 0.6) is 0 Å². The second-order valence-corrected chi connectivity index (χ2v) is 4.88. The molecule has 0 aliphatic heterocycles. The Morgan fingerprint density at radius 1 is 1.17 bits per heavy atom. The minimum absolute atomic E-state index is 0.174. The topological polar surface area (TPSA) is 43.1 Å². The van der Waals surface area contributed by atoms with E-state index in [1.807, 2.05) is 0 Å². The summed E-state index contributed by atoms with van der Waals surface area (Å²) in [7, 11) is 0. The Morgan fingerprint density at radius 3 is 2.56 bits per heavy atom. The van der Waals surface area contributed by atoms with E-state index in [1.54, 1.807) is 25.1 Å². The third kappa shape index (κ3) is 2.43. The first-order valence-electron chi connectivity index (χ1n) is 5.35. The number of nitrogen functional groups attached to an aromatic ring is 1. The molecule has 0 amide bonds. The maximum Gasteiger partial charge on any atom is 0.194 e. The normalized spacial score (nSPS) is 10.4. The van der Waals surface area contributed by atoms with Crippen LogP contribution in [0.15, 0.2) is 40.9 Å². The number of carbonyl (C=O) groups is 1. The fourth-order valence-electron chi connectivity index (χ4n) is 1.74. The Balaban J connectivity index is 2.51. The predicted octanol–water partition coefficient (Wildman–Crippen LogP) is 3.71. The Morgan fingerprint density at radius 2 is 1.89 bits per heavy atom. The van der Waals surface area contributed by atoms with Crippen LogP contribution in [0.1, 0.15) is 21.5 Å². The van der Waals surface area contributed by atoms with E-state index in [9.17, 15) is 9.18 Å². The number of benzene rings is 2. The molecule has 2 aromatic rings. The van der Waals surface area contributed by atoms with E-state index in [0.29, 0.717) is 26.9 Å². The predicted molar refractivity (Wildman–Crippen MR) is 73.1 cm³/mol. The van der Waals surface area contributed by atoms with Gasteiger partial charge in [0.2, 0.25) is 0 Å². The molecule has 0 unspecified atom stereocenters. The van der Waals surface area contributed by atoms with E-state index < -0.39 is 0 Å². The molecule has 0 saturated carbocycles. The van der Waals surface area contributed by atoms with Gasteiger partial charge < -0.3 is 5.73 Å². The van der Waals surface area contributed by atoms with Gasteiger partial charge in [0.25, 0.3) is 0 Å². The van der Waals surface area contributed by atoms with Crippen molar-refractivity contribution in [1.29, 1.82) is 0 Å². The third-order valence-electron chi connectivity index (χ3n) is 2.67. The van der Waals surface area contributed by atoms with Crippen LogP contribution in [0.25, 0.3) is 0 Å². The zero-order chi connectivity index (χ0) is 13.3. The highest BCUT2D eigenvalue weighted by Crippen LogP contribution is 2.24. The van der Waals surface area contributed by atoms with Gasteiger partial charge in [-0.1, -0.05) is 15.9 Å². The van der Waals surface area contributed by atoms with Crippen LogP contribution >= 0.6 is 15.9 Å². The van der Waals surface area contributed by atoms with Crippen LogP contribution in [0.2, 0.25) is 0 Å². The molecule has 2 N–H and O–H groups in total. The molecule has 0 atom stereocenters. The maximum absolute atomic E-state index is 13.0. The molecule has 0 radical (unpaired) electrons. The second kappa shape index (κ2) is 4.90. The lowest BCUT2D eigenvalue weighted by atomic mass is 9.99. The molecule has 0 bridgehead atoms. The zero-order valence-electron chi connectivity index (χ0n) is 9.71. The average Bonchev–Trinajstić information content (AvgIpc) is 2.31. The van der Waals surface area contributed by atoms with Crippen LogP contribution in [-0.4, -0.2) is 5.78 Å². The van der Waals surface area contributed by atoms with Crippen molar-refractivity contribution in [3.63, 3.8) is 0 Å². The lowest BCUT2D eigenvalue weighted by Gasteiger charge is -2.07. The number of nitrogens with two attached hydrogens (primary N) is 1. The third-order valence-corrected chi connectivity index (χ3v) is 3.36. The number of aryl methyl sites for hydroxylation is 1. The summed E-state index contributed by atoms with van der Waals surface area (Å²) in [6.45, 7) is 1.70. The summed E-state index contributed by atoms with van der Waals surface area (Å²) in [5.74, 6) is -0.526. The van der Waals surface area contributed by atoms with Gasteiger partial charge in [0.15, 0.2) is 5.78 Å². The fourth-order valence-corrected chi connectivity index (χ4v) is 2.17. The van der Waals surface area contributed by atoms with E-state index in [-0.39, 0.29) is 11.6 Å². The van der Waals surface area contributed by atoms with E-state index in [4.69, 9.17) is 5.73 Å². The van der Waals surface area contributed by atoms with Gasteiger partial charge in [0.05, 0.1) is 0 Å². The molecule has 0 heterocycles. The van der Waals surface area contributed by atoms with Gasteiger partial charge in [-0.05, 0) is 48.9 Å². The van der Waals surface area contributed by atoms with Gasteiger partial charge in [-0.3, -0.25) is 4.79 Å². The summed E-state index contributed by atoms with van der Waals surface area (Å²) in [4.78, 5) is 12.3. The number of anilines is 1. The number of hydrogen-bond acceptors (Lipinski definition) is 2. The Kier molecular flexibility index (Phi) is 3.48. The zero-order valence-corrected chi connectivity index (χ0v) is 11.3. The van der Waals surface area contributed by atoms with E-state index >= 15 is 0 Å². The summed E-state index contributed by atoms with van der Waals surface area (Å²) in [5.41, 5.74) is 7.74. The Labute approximate surface area is 113 Å². The molecule has 2 nitrogen and oxygen atoms in total. The molecule has 2 rings (SSSR count). The molecule has 0 spiro atoms. The van der Waals surface area contributed by atoms with E-state index in [2.05, 4.69) is 15.9 Å². The van der Waals surface area contributed by atoms with Crippen LogP contribution in [-0.2, 0) is 0 Å². The molecule has 18 heavy (non-hydrogen) atoms. The molecule has 0 aliphatic rings. The van der Waals surface area contributed by atoms with E-state index in [1.165, 1.54) is 18.2 Å². The van der Waals surface area contributed by atoms with Gasteiger partial charge in [-0.25, -0.2) is 4.39 Å². The first-order chi connectivity index (χ1) is 8.49. The van der Waals surface area contributed by atoms with Crippen molar-refractivity contribution in [2.45, 2.75) is 6.92 Å². The summed E-state index contributed by atoms with van der Waals surface area (Å²) in [6.07, 6.45) is 0. The van der Waals surface area contributed by atoms with Gasteiger partial charge in [-0.15, -0.1) is 0 Å². The first-order valence-corrected chi connectivity index (χ1v) is 6.14. The van der Waals surface area contributed by atoms with Crippen LogP contribution in [0.4, 0.5) is 10.1 Å². The standard InChI is InChI=1S/C14H11BrFNO/c1-8-6-9(16)2-4-11(8)14(18)12-7-10(17)3-5-13(12)15/h2-7H,17H2,1H3. The van der Waals surface area contributed by atoms with Crippen molar-refractivity contribution in [1.82, 2.24) is 0 Å². The lowest BCUT2D eigenvalue weighted by Crippen LogP contribution is -2.05. The monoisotopic (exact) mass is 307 g/mol. The summed E-state index contributed by atoms with van der Waals surface area (Å²) < 4.78 is 13.7. The van der Waals surface area contributed by atoms with Crippen LogP contribution in [0.3, 0.4) is 0 Å². The molecule has 0 aromatic heterocycles. The SMILES string of the molecule is Cc1cc(F)ccc1C(=O)c1cc(N)ccc1Br. The number of rotatable bonds is 2. The van der Waals surface area contributed by atoms with Crippen molar-refractivity contribution in [3.05, 3.63) is 63.4 Å². The van der Waals surface area contributed by atoms with Crippen molar-refractivity contribution in [2.24, 2.45) is 0 Å². The van der Waals surface area contributed by atoms with E-state index in [0.717, 1.165) is 0 Å². The summed E-state index contributed by atoms with van der Waals surface area (Å²) in [5, 5.41) is 0. The number of carbonyl (C=O) groups excluding carboxylic acids is 1. The highest BCUT2D eigenvalue weighted by molar-refractivity contribution is 9.10. The maximum atomic E-state index is 13.0. The van der Waals surface area contributed by atoms with Crippen molar-refractivity contribution >= 4 is 27.4 Å². The minimum Gasteiger partial charge on any atom is -0.399 e. The number of hydrogen-bond donors (Lipinski definition) is 1. The lowest BCUT2D eigenvalue weighted by molar-refractivity contribution is 0.103. The largest absolute Gasteiger partial charge is 0.399 e. The fraction of sp³-hybridized carbons (Fsp3) is 0.0714. The highest BCUT2D eigenvalue weighted by Gasteiger charge is 2.15. The molecule has 0 saturated heterocycles. The molecule has 2 aromatic carbocycles. The molecule has 92 valence electrons. The van der Waals surface area contributed by atoms with Crippen molar-refractivity contribution < 1.29 is 9.18 Å². The van der Waals surface area contributed by atoms with Gasteiger partial charge in [0.1, 0.15) is 5.82 Å². The Hall–Kier alpha value is -1.68. The number of ketones is 1. The van der Waals surface area contributed by atoms with Gasteiger partial charge in [-0.2, -0.15) is 0 Å². The van der Waals surface area contributed by atoms with Crippen LogP contribution < -0.4 is 5.73 Å². The first kappa shape index (κ1) is 12.8. The minimum atomic E-state index is -0.351. The summed E-state index contributed by atoms with van der Waals surface area (Å²) >= 11 is 3.32. The van der Waals surface area contributed by atoms with Crippen LogP contribution in [0, 0.1) is 12.7 Å². The quantitative estimate of drug-likeness (QED) is 0.679. The average molecular weight is 308 g/mol. The van der Waals surface area contributed by atoms with Gasteiger partial charge in [0, 0.05) is 21.3 Å². The van der Waals surface area contributed by atoms with Gasteiger partial charge >= 0.3 is 0 Å². The Bertz CT molecular complexity index is 625. The summed E-state index contributed by atoms with van der Waals surface area (Å²) in [6, 6.07) is 9.14. The smallest absolute Gasteiger partial charge is 0.194 e. The highest BCUT2D eigenvalue weighted by atomic mass is 79.9.